The van der Waals surface area contributed by atoms with Crippen LogP contribution < -0.4 is 0 Å². The average molecular weight is 295 g/mol. The van der Waals surface area contributed by atoms with Crippen LogP contribution in [0.25, 0.3) is 5.69 Å². The molecule has 1 heterocycles. The third-order valence-corrected chi connectivity index (χ3v) is 3.97. The maximum absolute atomic E-state index is 9.78. The molecule has 0 aliphatic rings. The molecule has 0 unspecified atom stereocenters. The van der Waals surface area contributed by atoms with Crippen LogP contribution in [0.1, 0.15) is 30.0 Å². The van der Waals surface area contributed by atoms with Gasteiger partial charge in [0.2, 0.25) is 0 Å². The summed E-state index contributed by atoms with van der Waals surface area (Å²) in [5.74, 6) is 0. The highest BCUT2D eigenvalue weighted by molar-refractivity contribution is 9.10. The van der Waals surface area contributed by atoms with Gasteiger partial charge in [-0.25, -0.2) is 4.68 Å². The van der Waals surface area contributed by atoms with Crippen molar-refractivity contribution in [3.8, 4) is 5.69 Å². The highest BCUT2D eigenvalue weighted by Crippen LogP contribution is 2.27. The van der Waals surface area contributed by atoms with Gasteiger partial charge in [-0.05, 0) is 42.8 Å². The van der Waals surface area contributed by atoms with Crippen molar-refractivity contribution < 1.29 is 5.11 Å². The van der Waals surface area contributed by atoms with Gasteiger partial charge in [-0.1, -0.05) is 18.2 Å². The van der Waals surface area contributed by atoms with Crippen molar-refractivity contribution in [3.05, 3.63) is 45.7 Å². The summed E-state index contributed by atoms with van der Waals surface area (Å²) in [6.45, 7) is 5.72. The van der Waals surface area contributed by atoms with E-state index in [1.165, 1.54) is 0 Å². The lowest BCUT2D eigenvalue weighted by Crippen LogP contribution is -2.05. The van der Waals surface area contributed by atoms with Crippen LogP contribution in [0.2, 0.25) is 0 Å². The van der Waals surface area contributed by atoms with E-state index in [4.69, 9.17) is 0 Å². The highest BCUT2D eigenvalue weighted by atomic mass is 79.9. The third kappa shape index (κ3) is 2.15. The Bertz CT molecular complexity index is 546. The van der Waals surface area contributed by atoms with Crippen LogP contribution in [-0.2, 0) is 0 Å². The van der Waals surface area contributed by atoms with Crippen LogP contribution >= 0.6 is 15.9 Å². The quantitative estimate of drug-likeness (QED) is 0.923. The van der Waals surface area contributed by atoms with Crippen molar-refractivity contribution in [2.24, 2.45) is 0 Å². The molecule has 2 rings (SSSR count). The maximum Gasteiger partial charge on any atom is 0.0782 e. The summed E-state index contributed by atoms with van der Waals surface area (Å²) in [4.78, 5) is 0. The lowest BCUT2D eigenvalue weighted by atomic mass is 10.1. The van der Waals surface area contributed by atoms with Gasteiger partial charge in [0.25, 0.3) is 0 Å². The molecule has 1 aromatic heterocycles. The van der Waals surface area contributed by atoms with E-state index in [0.29, 0.717) is 0 Å². The molecule has 0 fully saturated rings. The number of benzene rings is 1. The molecule has 2 aromatic rings. The standard InChI is InChI=1S/C13H15BrN2O/c1-8-13(14)9(2)16(15-8)12-7-5-4-6-11(12)10(3)17/h4-7,10,17H,1-3H3/t10-/m0/s1. The van der Waals surface area contributed by atoms with Gasteiger partial charge in [-0.2, -0.15) is 5.10 Å². The molecule has 0 amide bonds. The van der Waals surface area contributed by atoms with Crippen LogP contribution in [0.3, 0.4) is 0 Å². The Kier molecular flexibility index (Phi) is 3.35. The summed E-state index contributed by atoms with van der Waals surface area (Å²) >= 11 is 3.51. The number of nitrogens with zero attached hydrogens (tertiary/aromatic N) is 2. The summed E-state index contributed by atoms with van der Waals surface area (Å²) in [5.41, 5.74) is 3.79. The number of aliphatic hydroxyl groups excluding tert-OH is 1. The normalized spacial score (nSPS) is 12.8. The van der Waals surface area contributed by atoms with Gasteiger partial charge in [0.15, 0.2) is 0 Å². The molecule has 1 atom stereocenters. The Morgan fingerprint density at radius 2 is 1.94 bits per heavy atom. The van der Waals surface area contributed by atoms with Crippen molar-refractivity contribution >= 4 is 15.9 Å². The molecule has 90 valence electrons. The Labute approximate surface area is 109 Å². The predicted octanol–water partition coefficient (Wildman–Crippen LogP) is 3.30. The highest BCUT2D eigenvalue weighted by Gasteiger charge is 2.14. The summed E-state index contributed by atoms with van der Waals surface area (Å²) < 4.78 is 2.87. The maximum atomic E-state index is 9.78. The first-order valence-electron chi connectivity index (χ1n) is 5.51. The SMILES string of the molecule is Cc1nn(-c2ccccc2[C@H](C)O)c(C)c1Br. The lowest BCUT2D eigenvalue weighted by molar-refractivity contribution is 0.199. The van der Waals surface area contributed by atoms with Crippen molar-refractivity contribution in [2.75, 3.05) is 0 Å². The molecule has 0 spiro atoms. The number of halogens is 1. The van der Waals surface area contributed by atoms with E-state index in [9.17, 15) is 5.11 Å². The van der Waals surface area contributed by atoms with E-state index in [2.05, 4.69) is 21.0 Å². The second-order valence-corrected chi connectivity index (χ2v) is 4.92. The van der Waals surface area contributed by atoms with E-state index in [1.807, 2.05) is 42.8 Å². The number of aryl methyl sites for hydroxylation is 1. The van der Waals surface area contributed by atoms with Crippen LogP contribution in [0.4, 0.5) is 0 Å². The van der Waals surface area contributed by atoms with Crippen molar-refractivity contribution in [1.29, 1.82) is 0 Å². The number of para-hydroxylation sites is 1. The summed E-state index contributed by atoms with van der Waals surface area (Å²) in [5, 5.41) is 14.3. The van der Waals surface area contributed by atoms with Gasteiger partial charge < -0.3 is 5.11 Å². The Morgan fingerprint density at radius 1 is 1.29 bits per heavy atom. The number of hydrogen-bond donors (Lipinski definition) is 1. The molecule has 0 saturated carbocycles. The van der Waals surface area contributed by atoms with Crippen LogP contribution in [0.15, 0.2) is 28.7 Å². The molecule has 4 heteroatoms. The molecule has 0 aliphatic carbocycles. The molecular formula is C13H15BrN2O. The Hall–Kier alpha value is -1.13. The third-order valence-electron chi connectivity index (χ3n) is 2.82. The predicted molar refractivity (Wildman–Crippen MR) is 71.4 cm³/mol. The first-order chi connectivity index (χ1) is 8.02. The van der Waals surface area contributed by atoms with Crippen LogP contribution in [-0.4, -0.2) is 14.9 Å². The van der Waals surface area contributed by atoms with Crippen molar-refractivity contribution in [1.82, 2.24) is 9.78 Å². The van der Waals surface area contributed by atoms with Gasteiger partial charge in [-0.15, -0.1) is 0 Å². The molecule has 17 heavy (non-hydrogen) atoms. The number of aliphatic hydroxyl groups is 1. The van der Waals surface area contributed by atoms with E-state index in [-0.39, 0.29) is 0 Å². The largest absolute Gasteiger partial charge is 0.389 e. The van der Waals surface area contributed by atoms with Gasteiger partial charge >= 0.3 is 0 Å². The zero-order chi connectivity index (χ0) is 12.6. The van der Waals surface area contributed by atoms with E-state index < -0.39 is 6.10 Å². The van der Waals surface area contributed by atoms with Gasteiger partial charge in [0, 0.05) is 5.56 Å². The van der Waals surface area contributed by atoms with E-state index in [1.54, 1.807) is 6.92 Å². The zero-order valence-corrected chi connectivity index (χ0v) is 11.7. The van der Waals surface area contributed by atoms with Gasteiger partial charge in [0.05, 0.1) is 27.7 Å². The lowest BCUT2D eigenvalue weighted by Gasteiger charge is -2.13. The second kappa shape index (κ2) is 4.63. The molecule has 1 N–H and O–H groups in total. The number of hydrogen-bond acceptors (Lipinski definition) is 2. The number of aromatic nitrogens is 2. The van der Waals surface area contributed by atoms with Crippen LogP contribution in [0, 0.1) is 13.8 Å². The summed E-state index contributed by atoms with van der Waals surface area (Å²) in [6, 6.07) is 7.76. The molecular weight excluding hydrogens is 280 g/mol. The fourth-order valence-corrected chi connectivity index (χ4v) is 2.14. The van der Waals surface area contributed by atoms with Gasteiger partial charge in [0.1, 0.15) is 0 Å². The van der Waals surface area contributed by atoms with E-state index in [0.717, 1.165) is 27.1 Å². The van der Waals surface area contributed by atoms with Crippen molar-refractivity contribution in [2.45, 2.75) is 26.9 Å². The minimum atomic E-state index is -0.506. The van der Waals surface area contributed by atoms with Crippen molar-refractivity contribution in [3.63, 3.8) is 0 Å². The average Bonchev–Trinajstić information content (AvgIpc) is 2.57. The number of rotatable bonds is 2. The molecule has 0 saturated heterocycles. The van der Waals surface area contributed by atoms with Crippen LogP contribution in [0.5, 0.6) is 0 Å². The topological polar surface area (TPSA) is 38.0 Å². The Balaban J connectivity index is 2.64. The monoisotopic (exact) mass is 294 g/mol. The molecule has 1 aromatic carbocycles. The van der Waals surface area contributed by atoms with E-state index >= 15 is 0 Å². The smallest absolute Gasteiger partial charge is 0.0782 e. The Morgan fingerprint density at radius 3 is 2.47 bits per heavy atom. The minimum absolute atomic E-state index is 0.506. The molecule has 3 nitrogen and oxygen atoms in total. The van der Waals surface area contributed by atoms with Gasteiger partial charge in [-0.3, -0.25) is 0 Å². The summed E-state index contributed by atoms with van der Waals surface area (Å²) in [6.07, 6.45) is -0.506. The second-order valence-electron chi connectivity index (χ2n) is 4.13. The minimum Gasteiger partial charge on any atom is -0.389 e. The zero-order valence-electron chi connectivity index (χ0n) is 10.1. The molecule has 0 aliphatic heterocycles. The fraction of sp³-hybridized carbons (Fsp3) is 0.308. The summed E-state index contributed by atoms with van der Waals surface area (Å²) in [7, 11) is 0. The fourth-order valence-electron chi connectivity index (χ4n) is 1.89. The first kappa shape index (κ1) is 12.3. The first-order valence-corrected chi connectivity index (χ1v) is 6.30. The molecule has 0 bridgehead atoms. The molecule has 0 radical (unpaired) electrons.